The van der Waals surface area contributed by atoms with Gasteiger partial charge < -0.3 is 24.7 Å². The van der Waals surface area contributed by atoms with E-state index in [-0.39, 0.29) is 6.23 Å². The van der Waals surface area contributed by atoms with E-state index < -0.39 is 0 Å². The second-order valence-electron chi connectivity index (χ2n) is 11.1. The normalized spacial score (nSPS) is 16.6. The van der Waals surface area contributed by atoms with Crippen molar-refractivity contribution in [2.45, 2.75) is 6.23 Å². The number of allylic oxidation sites excluding steroid dienone is 1. The molecule has 0 saturated heterocycles. The van der Waals surface area contributed by atoms with Crippen molar-refractivity contribution in [1.29, 1.82) is 0 Å². The van der Waals surface area contributed by atoms with Gasteiger partial charge >= 0.3 is 0 Å². The summed E-state index contributed by atoms with van der Waals surface area (Å²) >= 11 is 0. The first-order valence-corrected chi connectivity index (χ1v) is 14.6. The Balaban J connectivity index is 1.25. The minimum absolute atomic E-state index is 0.258. The van der Waals surface area contributed by atoms with E-state index in [9.17, 15) is 0 Å². The molecule has 1 aromatic heterocycles. The summed E-state index contributed by atoms with van der Waals surface area (Å²) < 4.78 is 12.5. The Kier molecular flexibility index (Phi) is 5.26. The third kappa shape index (κ3) is 3.86. The zero-order valence-corrected chi connectivity index (χ0v) is 23.2. The molecule has 5 heteroatoms. The topological polar surface area (TPSA) is 49.7 Å². The highest BCUT2D eigenvalue weighted by Gasteiger charge is 2.35. The number of ether oxygens (including phenoxy) is 1. The fourth-order valence-electron chi connectivity index (χ4n) is 6.53. The lowest BCUT2D eigenvalue weighted by Gasteiger charge is -2.34. The number of rotatable bonds is 4. The van der Waals surface area contributed by atoms with Crippen molar-refractivity contribution in [2.75, 3.05) is 16.8 Å². The third-order valence-corrected chi connectivity index (χ3v) is 8.54. The largest absolute Gasteiger partial charge is 0.466 e. The zero-order valence-electron chi connectivity index (χ0n) is 23.2. The maximum atomic E-state index is 6.35. The van der Waals surface area contributed by atoms with E-state index in [1.54, 1.807) is 0 Å². The molecule has 0 aliphatic carbocycles. The molecule has 2 N–H and O–H groups in total. The second-order valence-corrected chi connectivity index (χ2v) is 11.1. The maximum absolute atomic E-state index is 6.35. The van der Waals surface area contributed by atoms with Gasteiger partial charge in [0.2, 0.25) is 5.88 Å². The molecule has 1 unspecified atom stereocenters. The number of hydrogen-bond donors (Lipinski definition) is 2. The summed E-state index contributed by atoms with van der Waals surface area (Å²) in [4.78, 5) is 2.37. The Labute approximate surface area is 249 Å². The van der Waals surface area contributed by atoms with Crippen LogP contribution >= 0.6 is 0 Å². The van der Waals surface area contributed by atoms with Crippen LogP contribution in [-0.2, 0) is 0 Å². The molecule has 5 aromatic carbocycles. The number of para-hydroxylation sites is 2. The van der Waals surface area contributed by atoms with E-state index >= 15 is 0 Å². The van der Waals surface area contributed by atoms with E-state index in [1.807, 2.05) is 30.5 Å². The van der Waals surface area contributed by atoms with Crippen molar-refractivity contribution < 1.29 is 9.15 Å². The molecule has 0 amide bonds. The van der Waals surface area contributed by atoms with Crippen LogP contribution in [0.2, 0.25) is 0 Å². The molecule has 0 fully saturated rings. The number of hydrogen-bond acceptors (Lipinski definition) is 5. The fourth-order valence-corrected chi connectivity index (χ4v) is 6.53. The summed E-state index contributed by atoms with van der Waals surface area (Å²) in [7, 11) is 0. The summed E-state index contributed by atoms with van der Waals surface area (Å²) in [6.45, 7) is 0.609. The molecule has 0 spiro atoms. The monoisotopic (exact) mass is 557 g/mol. The lowest BCUT2D eigenvalue weighted by molar-refractivity contribution is 0.253. The summed E-state index contributed by atoms with van der Waals surface area (Å²) in [6.07, 6.45) is 6.15. The van der Waals surface area contributed by atoms with Gasteiger partial charge in [0, 0.05) is 39.7 Å². The van der Waals surface area contributed by atoms with Crippen LogP contribution in [0, 0.1) is 0 Å². The van der Waals surface area contributed by atoms with Gasteiger partial charge in [-0.1, -0.05) is 84.9 Å². The molecule has 0 bridgehead atoms. The molecule has 1 atom stereocenters. The molecule has 206 valence electrons. The molecular weight excluding hydrogens is 530 g/mol. The van der Waals surface area contributed by atoms with Crippen LogP contribution in [0.5, 0.6) is 5.75 Å². The van der Waals surface area contributed by atoms with Gasteiger partial charge in [0.15, 0.2) is 6.23 Å². The molecular formula is C38H27N3O2. The van der Waals surface area contributed by atoms with Gasteiger partial charge in [0.25, 0.3) is 0 Å². The number of nitrogens with zero attached hydrogens (tertiary/aromatic N) is 1. The predicted octanol–water partition coefficient (Wildman–Crippen LogP) is 8.77. The Morgan fingerprint density at radius 1 is 0.744 bits per heavy atom. The highest BCUT2D eigenvalue weighted by Crippen LogP contribution is 2.44. The van der Waals surface area contributed by atoms with Crippen molar-refractivity contribution >= 4 is 45.0 Å². The first-order valence-electron chi connectivity index (χ1n) is 14.6. The smallest absolute Gasteiger partial charge is 0.201 e. The number of nitrogens with one attached hydrogen (secondary N) is 2. The standard InChI is InChI=1S/C38H27N3O2/c1-2-9-25-20-27(17-16-24(25)8-1)26-10-7-11-28(21-26)41(29-22-32-30-12-3-5-14-34(30)42-37(32)40-23-29)33-18-19-39-38-36(33)31-13-4-6-15-35(31)43-38/h1-22,38-40H,23H2. The highest BCUT2D eigenvalue weighted by molar-refractivity contribution is 5.96. The average molecular weight is 558 g/mol. The van der Waals surface area contributed by atoms with Gasteiger partial charge in [0.1, 0.15) is 11.3 Å². The number of fused-ring (bicyclic) bond motifs is 7. The SMILES string of the molecule is C1=CC(N(C2=Cc3c(oc4ccccc34)NC2)c2cccc(-c3ccc4ccccc4c3)c2)=C2c3ccccc3OC2N1. The maximum Gasteiger partial charge on any atom is 0.201 e. The van der Waals surface area contributed by atoms with E-state index in [0.29, 0.717) is 6.54 Å². The van der Waals surface area contributed by atoms with Crippen LogP contribution in [0.3, 0.4) is 0 Å². The molecule has 5 nitrogen and oxygen atoms in total. The number of dihydropyridines is 1. The fraction of sp³-hybridized carbons (Fsp3) is 0.0526. The summed E-state index contributed by atoms with van der Waals surface area (Å²) in [5.74, 6) is 1.70. The van der Waals surface area contributed by atoms with Gasteiger partial charge in [-0.3, -0.25) is 0 Å². The summed E-state index contributed by atoms with van der Waals surface area (Å²) in [5.41, 5.74) is 9.79. The van der Waals surface area contributed by atoms with Crippen LogP contribution in [0.4, 0.5) is 11.6 Å². The van der Waals surface area contributed by atoms with Gasteiger partial charge in [0.05, 0.1) is 12.2 Å². The van der Waals surface area contributed by atoms with Crippen molar-refractivity contribution in [2.24, 2.45) is 0 Å². The number of furan rings is 1. The lowest BCUT2D eigenvalue weighted by atomic mass is 9.98. The van der Waals surface area contributed by atoms with Crippen molar-refractivity contribution in [3.63, 3.8) is 0 Å². The molecule has 6 aromatic rings. The Morgan fingerprint density at radius 2 is 1.58 bits per heavy atom. The Bertz CT molecular complexity index is 2170. The minimum Gasteiger partial charge on any atom is -0.466 e. The highest BCUT2D eigenvalue weighted by atomic mass is 16.5. The van der Waals surface area contributed by atoms with E-state index in [2.05, 4.69) is 119 Å². The number of anilines is 2. The zero-order chi connectivity index (χ0) is 28.3. The van der Waals surface area contributed by atoms with Gasteiger partial charge in [-0.15, -0.1) is 0 Å². The Morgan fingerprint density at radius 3 is 2.56 bits per heavy atom. The van der Waals surface area contributed by atoms with Crippen molar-refractivity contribution in [1.82, 2.24) is 5.32 Å². The van der Waals surface area contributed by atoms with E-state index in [1.165, 1.54) is 16.3 Å². The quantitative estimate of drug-likeness (QED) is 0.227. The van der Waals surface area contributed by atoms with Crippen LogP contribution < -0.4 is 20.3 Å². The molecule has 0 saturated carbocycles. The van der Waals surface area contributed by atoms with Gasteiger partial charge in [-0.25, -0.2) is 0 Å². The number of benzene rings is 5. The first kappa shape index (κ1) is 24.0. The van der Waals surface area contributed by atoms with E-state index in [0.717, 1.165) is 61.9 Å². The lowest BCUT2D eigenvalue weighted by Crippen LogP contribution is -2.36. The van der Waals surface area contributed by atoms with E-state index in [4.69, 9.17) is 9.15 Å². The molecule has 4 heterocycles. The summed E-state index contributed by atoms with van der Waals surface area (Å²) in [5, 5.41) is 10.6. The summed E-state index contributed by atoms with van der Waals surface area (Å²) in [6, 6.07) is 40.5. The third-order valence-electron chi connectivity index (χ3n) is 8.54. The van der Waals surface area contributed by atoms with Crippen molar-refractivity contribution in [3.8, 4) is 16.9 Å². The van der Waals surface area contributed by atoms with Crippen LogP contribution in [-0.4, -0.2) is 12.8 Å². The molecule has 0 radical (unpaired) electrons. The van der Waals surface area contributed by atoms with Crippen LogP contribution in [0.1, 0.15) is 11.1 Å². The molecule has 9 rings (SSSR count). The molecule has 3 aliphatic heterocycles. The molecule has 43 heavy (non-hydrogen) atoms. The minimum atomic E-state index is -0.258. The van der Waals surface area contributed by atoms with Crippen LogP contribution in [0.15, 0.2) is 143 Å². The van der Waals surface area contributed by atoms with Crippen molar-refractivity contribution in [3.05, 3.63) is 150 Å². The second kappa shape index (κ2) is 9.43. The van der Waals surface area contributed by atoms with Crippen LogP contribution in [0.25, 0.3) is 44.5 Å². The molecule has 3 aliphatic rings. The van der Waals surface area contributed by atoms with Gasteiger partial charge in [-0.2, -0.15) is 0 Å². The first-order chi connectivity index (χ1) is 21.3. The average Bonchev–Trinajstić information content (AvgIpc) is 3.63. The Hall–Kier alpha value is -5.68. The predicted molar refractivity (Wildman–Crippen MR) is 175 cm³/mol. The van der Waals surface area contributed by atoms with Gasteiger partial charge in [-0.05, 0) is 64.4 Å².